The Morgan fingerprint density at radius 2 is 1.76 bits per heavy atom. The van der Waals surface area contributed by atoms with Gasteiger partial charge in [0.05, 0.1) is 0 Å². The van der Waals surface area contributed by atoms with Crippen LogP contribution < -0.4 is 5.32 Å². The summed E-state index contributed by atoms with van der Waals surface area (Å²) in [5.41, 5.74) is 1.96. The molecule has 4 rings (SSSR count). The number of carbonyl (C=O) groups is 1. The quantitative estimate of drug-likeness (QED) is 0.322. The minimum atomic E-state index is 0.124. The summed E-state index contributed by atoms with van der Waals surface area (Å²) >= 11 is 7.68. The van der Waals surface area contributed by atoms with Crippen LogP contribution in [0.15, 0.2) is 59.8 Å². The highest BCUT2D eigenvalue weighted by Gasteiger charge is 2.16. The van der Waals surface area contributed by atoms with Crippen LogP contribution in [-0.2, 0) is 4.79 Å². The van der Waals surface area contributed by atoms with E-state index in [-0.39, 0.29) is 5.91 Å². The molecule has 33 heavy (non-hydrogen) atoms. The lowest BCUT2D eigenvalue weighted by atomic mass is 10.1. The lowest BCUT2D eigenvalue weighted by molar-refractivity contribution is -0.121. The first kappa shape index (κ1) is 23.8. The van der Waals surface area contributed by atoms with Crippen LogP contribution in [0.2, 0.25) is 5.02 Å². The van der Waals surface area contributed by atoms with Crippen molar-refractivity contribution in [3.05, 3.63) is 59.6 Å². The molecule has 1 aromatic heterocycles. The average molecular weight is 484 g/mol. The van der Waals surface area contributed by atoms with Gasteiger partial charge in [-0.1, -0.05) is 48.0 Å². The predicted molar refractivity (Wildman–Crippen MR) is 135 cm³/mol. The van der Waals surface area contributed by atoms with E-state index in [0.717, 1.165) is 60.6 Å². The summed E-state index contributed by atoms with van der Waals surface area (Å²) < 4.78 is 2.06. The Labute approximate surface area is 204 Å². The molecule has 0 bridgehead atoms. The molecule has 0 saturated carbocycles. The van der Waals surface area contributed by atoms with Gasteiger partial charge in [-0.15, -0.1) is 10.2 Å². The van der Waals surface area contributed by atoms with Gasteiger partial charge < -0.3 is 10.2 Å². The summed E-state index contributed by atoms with van der Waals surface area (Å²) in [4.78, 5) is 14.7. The van der Waals surface area contributed by atoms with E-state index in [4.69, 9.17) is 11.6 Å². The van der Waals surface area contributed by atoms with E-state index in [2.05, 4.69) is 25.0 Å². The second-order valence-electron chi connectivity index (χ2n) is 8.19. The van der Waals surface area contributed by atoms with Gasteiger partial charge in [0.2, 0.25) is 5.91 Å². The highest BCUT2D eigenvalue weighted by molar-refractivity contribution is 7.99. The summed E-state index contributed by atoms with van der Waals surface area (Å²) in [5, 5.41) is 13.5. The molecule has 0 atom stereocenters. The minimum Gasteiger partial charge on any atom is -0.355 e. The number of para-hydroxylation sites is 1. The number of hydrogen-bond acceptors (Lipinski definition) is 5. The molecule has 2 aromatic carbocycles. The average Bonchev–Trinajstić information content (AvgIpc) is 3.27. The number of halogens is 1. The molecule has 0 unspecified atom stereocenters. The van der Waals surface area contributed by atoms with Crippen molar-refractivity contribution in [3.63, 3.8) is 0 Å². The molecule has 1 saturated heterocycles. The van der Waals surface area contributed by atoms with Gasteiger partial charge in [-0.05, 0) is 68.8 Å². The fraction of sp³-hybridized carbons (Fsp3) is 0.400. The number of aromatic nitrogens is 3. The number of likely N-dealkylation sites (tertiary alicyclic amines) is 1. The van der Waals surface area contributed by atoms with Crippen LogP contribution in [0.1, 0.15) is 32.1 Å². The van der Waals surface area contributed by atoms with E-state index >= 15 is 0 Å². The summed E-state index contributed by atoms with van der Waals surface area (Å²) in [5.74, 6) is 1.69. The monoisotopic (exact) mass is 483 g/mol. The molecule has 2 heterocycles. The molecule has 1 fully saturated rings. The lowest BCUT2D eigenvalue weighted by Crippen LogP contribution is -2.37. The number of amides is 1. The zero-order valence-corrected chi connectivity index (χ0v) is 20.3. The molecule has 0 radical (unpaired) electrons. The van der Waals surface area contributed by atoms with Crippen molar-refractivity contribution in [1.82, 2.24) is 25.0 Å². The van der Waals surface area contributed by atoms with Gasteiger partial charge in [0.1, 0.15) is 0 Å². The van der Waals surface area contributed by atoms with Gasteiger partial charge in [0.15, 0.2) is 11.0 Å². The maximum Gasteiger partial charge on any atom is 0.220 e. The topological polar surface area (TPSA) is 63.1 Å². The lowest BCUT2D eigenvalue weighted by Gasteiger charge is -2.26. The molecular weight excluding hydrogens is 454 g/mol. The van der Waals surface area contributed by atoms with Crippen molar-refractivity contribution >= 4 is 29.3 Å². The van der Waals surface area contributed by atoms with E-state index in [1.165, 1.54) is 19.3 Å². The van der Waals surface area contributed by atoms with Gasteiger partial charge in [-0.3, -0.25) is 9.36 Å². The molecule has 1 aliphatic rings. The van der Waals surface area contributed by atoms with Crippen LogP contribution in [0.3, 0.4) is 0 Å². The first-order chi connectivity index (χ1) is 16.2. The number of nitrogens with one attached hydrogen (secondary N) is 1. The maximum atomic E-state index is 12.2. The number of carbonyl (C=O) groups excluding carboxylic acids is 1. The summed E-state index contributed by atoms with van der Waals surface area (Å²) in [6.45, 7) is 4.01. The Balaban J connectivity index is 1.31. The molecule has 1 aliphatic heterocycles. The van der Waals surface area contributed by atoms with Gasteiger partial charge in [0, 0.05) is 41.5 Å². The Bertz CT molecular complexity index is 1020. The number of piperidine rings is 1. The van der Waals surface area contributed by atoms with Gasteiger partial charge in [-0.25, -0.2) is 0 Å². The van der Waals surface area contributed by atoms with Crippen molar-refractivity contribution in [1.29, 1.82) is 0 Å². The fourth-order valence-corrected chi connectivity index (χ4v) is 5.00. The van der Waals surface area contributed by atoms with Crippen LogP contribution in [-0.4, -0.2) is 57.5 Å². The molecule has 8 heteroatoms. The van der Waals surface area contributed by atoms with Crippen molar-refractivity contribution in [2.75, 3.05) is 31.9 Å². The zero-order valence-electron chi connectivity index (χ0n) is 18.8. The van der Waals surface area contributed by atoms with E-state index in [0.29, 0.717) is 11.4 Å². The van der Waals surface area contributed by atoms with E-state index in [9.17, 15) is 4.79 Å². The third kappa shape index (κ3) is 6.82. The van der Waals surface area contributed by atoms with Crippen LogP contribution in [0, 0.1) is 0 Å². The normalized spacial score (nSPS) is 14.3. The second kappa shape index (κ2) is 12.2. The fourth-order valence-electron chi connectivity index (χ4n) is 3.98. The van der Waals surface area contributed by atoms with E-state index < -0.39 is 0 Å². The molecule has 1 N–H and O–H groups in total. The SMILES string of the molecule is O=C(CCCSc1nnc(-c2ccc(Cl)cc2)n1-c1ccccc1)NCCN1CCCCC1. The molecular formula is C25H30ClN5OS. The van der Waals surface area contributed by atoms with E-state index in [1.54, 1.807) is 11.8 Å². The van der Waals surface area contributed by atoms with Crippen molar-refractivity contribution in [2.24, 2.45) is 0 Å². The van der Waals surface area contributed by atoms with Crippen LogP contribution in [0.4, 0.5) is 0 Å². The van der Waals surface area contributed by atoms with Gasteiger partial charge in [-0.2, -0.15) is 0 Å². The first-order valence-corrected chi connectivity index (χ1v) is 13.0. The minimum absolute atomic E-state index is 0.124. The number of thioether (sulfide) groups is 1. The summed E-state index contributed by atoms with van der Waals surface area (Å²) in [7, 11) is 0. The highest BCUT2D eigenvalue weighted by atomic mass is 35.5. The van der Waals surface area contributed by atoms with E-state index in [1.807, 2.05) is 54.6 Å². The summed E-state index contributed by atoms with van der Waals surface area (Å²) in [6, 6.07) is 17.7. The van der Waals surface area contributed by atoms with Crippen molar-refractivity contribution < 1.29 is 4.79 Å². The third-order valence-electron chi connectivity index (χ3n) is 5.73. The predicted octanol–water partition coefficient (Wildman–Crippen LogP) is 5.06. The Morgan fingerprint density at radius 3 is 2.52 bits per heavy atom. The Kier molecular flexibility index (Phi) is 8.80. The highest BCUT2D eigenvalue weighted by Crippen LogP contribution is 2.29. The molecule has 0 aliphatic carbocycles. The first-order valence-electron chi connectivity index (χ1n) is 11.6. The number of hydrogen-bond donors (Lipinski definition) is 1. The summed E-state index contributed by atoms with van der Waals surface area (Å²) in [6.07, 6.45) is 5.20. The number of rotatable bonds is 10. The van der Waals surface area contributed by atoms with Crippen LogP contribution >= 0.6 is 23.4 Å². The van der Waals surface area contributed by atoms with Crippen LogP contribution in [0.25, 0.3) is 17.1 Å². The smallest absolute Gasteiger partial charge is 0.220 e. The van der Waals surface area contributed by atoms with Crippen LogP contribution in [0.5, 0.6) is 0 Å². The number of nitrogens with zero attached hydrogens (tertiary/aromatic N) is 4. The van der Waals surface area contributed by atoms with Crippen molar-refractivity contribution in [3.8, 4) is 17.1 Å². The molecule has 174 valence electrons. The molecule has 0 spiro atoms. The molecule has 6 nitrogen and oxygen atoms in total. The third-order valence-corrected chi connectivity index (χ3v) is 7.00. The largest absolute Gasteiger partial charge is 0.355 e. The molecule has 3 aromatic rings. The number of benzene rings is 2. The maximum absolute atomic E-state index is 12.2. The Hall–Kier alpha value is -2.35. The standard InChI is InChI=1S/C25H30ClN5OS/c26-21-13-11-20(12-14-21)24-28-29-25(31(24)22-8-3-1-4-9-22)33-19-7-10-23(32)27-15-18-30-16-5-2-6-17-30/h1,3-4,8-9,11-14H,2,5-7,10,15-19H2,(H,27,32). The van der Waals surface area contributed by atoms with Gasteiger partial charge in [0.25, 0.3) is 0 Å². The zero-order chi connectivity index (χ0) is 22.9. The van der Waals surface area contributed by atoms with Gasteiger partial charge >= 0.3 is 0 Å². The Morgan fingerprint density at radius 1 is 1.00 bits per heavy atom. The second-order valence-corrected chi connectivity index (χ2v) is 9.69. The van der Waals surface area contributed by atoms with Crippen molar-refractivity contribution in [2.45, 2.75) is 37.3 Å². The molecule has 1 amide bonds.